The summed E-state index contributed by atoms with van der Waals surface area (Å²) in [5.74, 6) is 0.667. The highest BCUT2D eigenvalue weighted by molar-refractivity contribution is 5.88. The summed E-state index contributed by atoms with van der Waals surface area (Å²) in [6.45, 7) is 4.83. The van der Waals surface area contributed by atoms with Gasteiger partial charge >= 0.3 is 5.97 Å². The summed E-state index contributed by atoms with van der Waals surface area (Å²) in [5.41, 5.74) is 8.27. The zero-order valence-corrected chi connectivity index (χ0v) is 12.8. The van der Waals surface area contributed by atoms with Gasteiger partial charge in [0.05, 0.1) is 17.8 Å². The number of nitrogens with two attached hydrogens (primary N) is 1. The largest absolute Gasteiger partial charge is 0.464 e. The summed E-state index contributed by atoms with van der Waals surface area (Å²) in [7, 11) is 0. The van der Waals surface area contributed by atoms with E-state index in [4.69, 9.17) is 10.5 Å². The van der Waals surface area contributed by atoms with Crippen molar-refractivity contribution in [1.29, 1.82) is 0 Å². The second kappa shape index (κ2) is 7.11. The van der Waals surface area contributed by atoms with Gasteiger partial charge in [0, 0.05) is 6.42 Å². The molecule has 0 aliphatic rings. The van der Waals surface area contributed by atoms with Crippen LogP contribution in [0.15, 0.2) is 18.2 Å². The number of ether oxygens (including phenoxy) is 1. The minimum atomic E-state index is -0.220. The molecule has 0 fully saturated rings. The van der Waals surface area contributed by atoms with E-state index >= 15 is 0 Å². The molecular formula is C16H23N3O2. The third kappa shape index (κ3) is 3.54. The van der Waals surface area contributed by atoms with Crippen LogP contribution in [0.1, 0.15) is 38.9 Å². The maximum Gasteiger partial charge on any atom is 0.326 e. The Morgan fingerprint density at radius 3 is 2.86 bits per heavy atom. The van der Waals surface area contributed by atoms with Crippen LogP contribution >= 0.6 is 0 Å². The number of nitrogens with zero attached hydrogens (tertiary/aromatic N) is 2. The number of carbonyl (C=O) groups is 1. The smallest absolute Gasteiger partial charge is 0.326 e. The van der Waals surface area contributed by atoms with Crippen molar-refractivity contribution in [3.8, 4) is 0 Å². The number of benzene rings is 1. The van der Waals surface area contributed by atoms with Gasteiger partial charge in [-0.3, -0.25) is 4.79 Å². The van der Waals surface area contributed by atoms with Gasteiger partial charge in [0.25, 0.3) is 0 Å². The lowest BCUT2D eigenvalue weighted by Gasteiger charge is -2.09. The molecule has 0 saturated carbocycles. The molecule has 114 valence electrons. The highest BCUT2D eigenvalue weighted by Crippen LogP contribution is 2.22. The van der Waals surface area contributed by atoms with Gasteiger partial charge in [-0.2, -0.15) is 0 Å². The highest BCUT2D eigenvalue weighted by Gasteiger charge is 2.15. The van der Waals surface area contributed by atoms with Crippen molar-refractivity contribution in [2.45, 2.75) is 46.1 Å². The van der Waals surface area contributed by atoms with Crippen molar-refractivity contribution in [1.82, 2.24) is 9.55 Å². The first-order chi connectivity index (χ1) is 10.2. The molecule has 1 aromatic heterocycles. The molecule has 0 aliphatic carbocycles. The number of hydrogen-bond acceptors (Lipinski definition) is 4. The van der Waals surface area contributed by atoms with Crippen LogP contribution < -0.4 is 5.73 Å². The van der Waals surface area contributed by atoms with Gasteiger partial charge in [-0.1, -0.05) is 26.3 Å². The van der Waals surface area contributed by atoms with Crippen LogP contribution in [0, 0.1) is 0 Å². The molecule has 2 N–H and O–H groups in total. The number of esters is 1. The Bertz CT molecular complexity index is 619. The topological polar surface area (TPSA) is 70.1 Å². The van der Waals surface area contributed by atoms with Crippen LogP contribution in [0.2, 0.25) is 0 Å². The lowest BCUT2D eigenvalue weighted by atomic mass is 10.3. The molecule has 0 amide bonds. The number of unbranched alkanes of at least 4 members (excludes halogenated alkanes) is 1. The molecule has 5 nitrogen and oxygen atoms in total. The van der Waals surface area contributed by atoms with Gasteiger partial charge in [-0.25, -0.2) is 4.98 Å². The number of hydrogen-bond donors (Lipinski definition) is 1. The lowest BCUT2D eigenvalue weighted by Crippen LogP contribution is -2.16. The average molecular weight is 289 g/mol. The molecule has 1 aromatic carbocycles. The standard InChI is InChI=1S/C16H23N3O2/c1-3-5-10-21-15(20)11-19-13-9-6-8-12(17)16(13)18-14(19)7-4-2/h6,8-9H,3-5,7,10-11,17H2,1-2H3. The van der Waals surface area contributed by atoms with Crippen LogP contribution in [0.5, 0.6) is 0 Å². The second-order valence-electron chi connectivity index (χ2n) is 5.15. The first-order valence-corrected chi connectivity index (χ1v) is 7.56. The summed E-state index contributed by atoms with van der Waals surface area (Å²) in [6, 6.07) is 5.65. The van der Waals surface area contributed by atoms with Crippen molar-refractivity contribution in [3.63, 3.8) is 0 Å². The predicted octanol–water partition coefficient (Wildman–Crippen LogP) is 2.91. The second-order valence-corrected chi connectivity index (χ2v) is 5.15. The number of fused-ring (bicyclic) bond motifs is 1. The first kappa shape index (κ1) is 15.4. The van der Waals surface area contributed by atoms with Gasteiger partial charge in [0.1, 0.15) is 17.9 Å². The van der Waals surface area contributed by atoms with Crippen molar-refractivity contribution < 1.29 is 9.53 Å². The number of aryl methyl sites for hydroxylation is 1. The number of nitrogen functional groups attached to an aromatic ring is 1. The number of anilines is 1. The Labute approximate surface area is 125 Å². The van der Waals surface area contributed by atoms with E-state index in [-0.39, 0.29) is 12.5 Å². The minimum Gasteiger partial charge on any atom is -0.464 e. The van der Waals surface area contributed by atoms with E-state index in [2.05, 4.69) is 18.8 Å². The molecule has 21 heavy (non-hydrogen) atoms. The molecule has 0 bridgehead atoms. The number of rotatable bonds is 7. The summed E-state index contributed by atoms with van der Waals surface area (Å²) in [5, 5.41) is 0. The van der Waals surface area contributed by atoms with E-state index in [9.17, 15) is 4.79 Å². The summed E-state index contributed by atoms with van der Waals surface area (Å²) < 4.78 is 7.17. The zero-order chi connectivity index (χ0) is 15.2. The van der Waals surface area contributed by atoms with Gasteiger partial charge < -0.3 is 15.0 Å². The van der Waals surface area contributed by atoms with Crippen LogP contribution in [-0.4, -0.2) is 22.1 Å². The Morgan fingerprint density at radius 2 is 2.14 bits per heavy atom. The molecule has 5 heteroatoms. The van der Waals surface area contributed by atoms with E-state index in [1.165, 1.54) is 0 Å². The molecule has 2 aromatic rings. The number of aromatic nitrogens is 2. The fourth-order valence-electron chi connectivity index (χ4n) is 2.31. The molecule has 0 aliphatic heterocycles. The zero-order valence-electron chi connectivity index (χ0n) is 12.8. The molecule has 2 rings (SSSR count). The molecule has 0 spiro atoms. The lowest BCUT2D eigenvalue weighted by molar-refractivity contribution is -0.144. The maximum absolute atomic E-state index is 12.0. The Hall–Kier alpha value is -2.04. The van der Waals surface area contributed by atoms with Gasteiger partial charge in [0.15, 0.2) is 0 Å². The molecule has 0 atom stereocenters. The van der Waals surface area contributed by atoms with Crippen molar-refractivity contribution in [3.05, 3.63) is 24.0 Å². The molecule has 0 radical (unpaired) electrons. The number of carbonyl (C=O) groups excluding carboxylic acids is 1. The van der Waals surface area contributed by atoms with E-state index in [1.807, 2.05) is 22.8 Å². The van der Waals surface area contributed by atoms with E-state index in [1.54, 1.807) is 0 Å². The van der Waals surface area contributed by atoms with Gasteiger partial charge in [-0.15, -0.1) is 0 Å². The average Bonchev–Trinajstić information content (AvgIpc) is 2.80. The third-order valence-electron chi connectivity index (χ3n) is 3.41. The first-order valence-electron chi connectivity index (χ1n) is 7.56. The van der Waals surface area contributed by atoms with Crippen LogP contribution in [0.25, 0.3) is 11.0 Å². The molecule has 0 unspecified atom stereocenters. The predicted molar refractivity (Wildman–Crippen MR) is 84.0 cm³/mol. The van der Waals surface area contributed by atoms with E-state index in [0.29, 0.717) is 12.3 Å². The normalized spacial score (nSPS) is 11.0. The minimum absolute atomic E-state index is 0.193. The third-order valence-corrected chi connectivity index (χ3v) is 3.41. The summed E-state index contributed by atoms with van der Waals surface area (Å²) in [6.07, 6.45) is 3.69. The van der Waals surface area contributed by atoms with Crippen LogP contribution in [0.3, 0.4) is 0 Å². The van der Waals surface area contributed by atoms with Crippen LogP contribution in [-0.2, 0) is 22.5 Å². The Balaban J connectivity index is 2.26. The number of imidazole rings is 1. The SMILES string of the molecule is CCCCOC(=O)Cn1c(CCC)nc2c(N)cccc21. The van der Waals surface area contributed by atoms with E-state index < -0.39 is 0 Å². The fraction of sp³-hybridized carbons (Fsp3) is 0.500. The molecule has 1 heterocycles. The Morgan fingerprint density at radius 1 is 1.33 bits per heavy atom. The monoisotopic (exact) mass is 289 g/mol. The van der Waals surface area contributed by atoms with Gasteiger partial charge in [0.2, 0.25) is 0 Å². The summed E-state index contributed by atoms with van der Waals surface area (Å²) in [4.78, 5) is 16.5. The Kier molecular flexibility index (Phi) is 5.20. The highest BCUT2D eigenvalue weighted by atomic mass is 16.5. The molecule has 0 saturated heterocycles. The number of para-hydroxylation sites is 1. The molecular weight excluding hydrogens is 266 g/mol. The van der Waals surface area contributed by atoms with Crippen molar-refractivity contribution >= 4 is 22.7 Å². The quantitative estimate of drug-likeness (QED) is 0.483. The van der Waals surface area contributed by atoms with Crippen molar-refractivity contribution in [2.75, 3.05) is 12.3 Å². The van der Waals surface area contributed by atoms with Crippen LogP contribution in [0.4, 0.5) is 5.69 Å². The maximum atomic E-state index is 12.0. The van der Waals surface area contributed by atoms with Crippen molar-refractivity contribution in [2.24, 2.45) is 0 Å². The van der Waals surface area contributed by atoms with E-state index in [0.717, 1.165) is 42.5 Å². The fourth-order valence-corrected chi connectivity index (χ4v) is 2.31. The van der Waals surface area contributed by atoms with Gasteiger partial charge in [-0.05, 0) is 25.0 Å². The summed E-state index contributed by atoms with van der Waals surface area (Å²) >= 11 is 0.